The summed E-state index contributed by atoms with van der Waals surface area (Å²) in [4.78, 5) is 50.1. The van der Waals surface area contributed by atoms with Gasteiger partial charge in [0.15, 0.2) is 0 Å². The molecule has 186 valence electrons. The highest BCUT2D eigenvalue weighted by Gasteiger charge is 2.34. The Bertz CT molecular complexity index is 638. The van der Waals surface area contributed by atoms with Crippen molar-refractivity contribution in [1.82, 2.24) is 16.0 Å². The fraction of sp³-hybridized carbons (Fsp3) is 0.826. The highest BCUT2D eigenvalue weighted by Crippen LogP contribution is 2.13. The maximum absolute atomic E-state index is 13.1. The van der Waals surface area contributed by atoms with Crippen molar-refractivity contribution in [2.75, 3.05) is 0 Å². The maximum Gasteiger partial charge on any atom is 0.326 e. The first-order valence-corrected chi connectivity index (χ1v) is 11.7. The Hall–Kier alpha value is -2.16. The lowest BCUT2D eigenvalue weighted by molar-refractivity contribution is -0.144. The van der Waals surface area contributed by atoms with Crippen LogP contribution in [0.5, 0.6) is 0 Å². The zero-order valence-corrected chi connectivity index (χ0v) is 20.9. The van der Waals surface area contributed by atoms with Gasteiger partial charge in [-0.25, -0.2) is 4.79 Å². The zero-order valence-electron chi connectivity index (χ0n) is 20.9. The van der Waals surface area contributed by atoms with Crippen LogP contribution in [0, 0.1) is 23.7 Å². The van der Waals surface area contributed by atoms with E-state index in [1.54, 1.807) is 13.8 Å². The molecule has 0 aromatic carbocycles. The molecule has 0 aliphatic carbocycles. The van der Waals surface area contributed by atoms with Crippen LogP contribution in [-0.2, 0) is 19.2 Å². The van der Waals surface area contributed by atoms with Crippen molar-refractivity contribution >= 4 is 23.7 Å². The summed E-state index contributed by atoms with van der Waals surface area (Å²) in [5.41, 5.74) is 6.02. The number of hydrogen-bond acceptors (Lipinski definition) is 5. The Morgan fingerprint density at radius 1 is 0.750 bits per heavy atom. The molecule has 0 spiro atoms. The smallest absolute Gasteiger partial charge is 0.326 e. The molecule has 0 rings (SSSR count). The van der Waals surface area contributed by atoms with Crippen molar-refractivity contribution in [2.45, 2.75) is 98.8 Å². The van der Waals surface area contributed by atoms with E-state index < -0.39 is 47.9 Å². The number of aliphatic carboxylic acids is 1. The summed E-state index contributed by atoms with van der Waals surface area (Å²) in [5, 5.41) is 17.4. The third-order valence-corrected chi connectivity index (χ3v) is 5.92. The molecule has 6 atom stereocenters. The van der Waals surface area contributed by atoms with Gasteiger partial charge >= 0.3 is 5.97 Å². The van der Waals surface area contributed by atoms with Gasteiger partial charge in [0.05, 0.1) is 6.04 Å². The van der Waals surface area contributed by atoms with Gasteiger partial charge in [0.25, 0.3) is 0 Å². The van der Waals surface area contributed by atoms with Gasteiger partial charge in [0.2, 0.25) is 17.7 Å². The molecule has 6 unspecified atom stereocenters. The fourth-order valence-electron chi connectivity index (χ4n) is 3.20. The molecule has 0 bridgehead atoms. The van der Waals surface area contributed by atoms with Gasteiger partial charge in [-0.1, -0.05) is 68.2 Å². The molecule has 32 heavy (non-hydrogen) atoms. The largest absolute Gasteiger partial charge is 0.480 e. The van der Waals surface area contributed by atoms with Gasteiger partial charge in [-0.05, 0) is 30.1 Å². The van der Waals surface area contributed by atoms with E-state index in [-0.39, 0.29) is 23.7 Å². The highest BCUT2D eigenvalue weighted by atomic mass is 16.4. The maximum atomic E-state index is 13.1. The molecular weight excluding hydrogens is 412 g/mol. The molecule has 3 amide bonds. The van der Waals surface area contributed by atoms with Gasteiger partial charge in [-0.15, -0.1) is 0 Å². The number of carboxylic acids is 1. The van der Waals surface area contributed by atoms with E-state index in [2.05, 4.69) is 16.0 Å². The SMILES string of the molecule is CCC(C)C(N)C(=O)NC(CC(C)C)C(=O)NC(C(=O)NC(C(=O)O)C(C)C)C(C)CC. The molecule has 9 nitrogen and oxygen atoms in total. The third-order valence-electron chi connectivity index (χ3n) is 5.92. The van der Waals surface area contributed by atoms with E-state index >= 15 is 0 Å². The van der Waals surface area contributed by atoms with Gasteiger partial charge in [0, 0.05) is 0 Å². The summed E-state index contributed by atoms with van der Waals surface area (Å²) in [7, 11) is 0. The third kappa shape index (κ3) is 9.54. The summed E-state index contributed by atoms with van der Waals surface area (Å²) >= 11 is 0. The second-order valence-electron chi connectivity index (χ2n) is 9.54. The molecule has 0 fully saturated rings. The molecule has 0 radical (unpaired) electrons. The second kappa shape index (κ2) is 14.1. The molecule has 0 heterocycles. The molecule has 0 aromatic rings. The van der Waals surface area contributed by atoms with Crippen molar-refractivity contribution in [3.05, 3.63) is 0 Å². The number of rotatable bonds is 14. The number of hydrogen-bond donors (Lipinski definition) is 5. The van der Waals surface area contributed by atoms with Crippen LogP contribution in [0.15, 0.2) is 0 Å². The minimum Gasteiger partial charge on any atom is -0.480 e. The van der Waals surface area contributed by atoms with Crippen molar-refractivity contribution in [1.29, 1.82) is 0 Å². The lowest BCUT2D eigenvalue weighted by Crippen LogP contribution is -2.59. The van der Waals surface area contributed by atoms with E-state index in [1.807, 2.05) is 41.5 Å². The molecule has 9 heteroatoms. The van der Waals surface area contributed by atoms with Crippen LogP contribution < -0.4 is 21.7 Å². The monoisotopic (exact) mass is 456 g/mol. The van der Waals surface area contributed by atoms with Crippen molar-refractivity contribution in [3.63, 3.8) is 0 Å². The standard InChI is InChI=1S/C23H44N4O5/c1-9-14(7)17(24)21(29)25-16(11-12(3)4)20(28)27-19(15(8)10-2)22(30)26-18(13(5)6)23(31)32/h12-19H,9-11,24H2,1-8H3,(H,25,29)(H,26,30)(H,27,28)(H,31,32). The summed E-state index contributed by atoms with van der Waals surface area (Å²) in [6.07, 6.45) is 1.70. The normalized spacial score (nSPS) is 17.1. The Labute approximate surface area is 192 Å². The number of carboxylic acid groups (broad SMARTS) is 1. The van der Waals surface area contributed by atoms with Crippen LogP contribution in [0.1, 0.15) is 74.7 Å². The average Bonchev–Trinajstić information content (AvgIpc) is 2.72. The van der Waals surface area contributed by atoms with Crippen LogP contribution >= 0.6 is 0 Å². The Kier molecular flexibility index (Phi) is 13.1. The topological polar surface area (TPSA) is 151 Å². The fourth-order valence-corrected chi connectivity index (χ4v) is 3.20. The van der Waals surface area contributed by atoms with Crippen molar-refractivity contribution in [2.24, 2.45) is 29.4 Å². The Morgan fingerprint density at radius 2 is 1.25 bits per heavy atom. The van der Waals surface area contributed by atoms with Crippen molar-refractivity contribution in [3.8, 4) is 0 Å². The van der Waals surface area contributed by atoms with E-state index in [1.165, 1.54) is 0 Å². The summed E-state index contributed by atoms with van der Waals surface area (Å²) in [5.74, 6) is -3.07. The van der Waals surface area contributed by atoms with Crippen LogP contribution in [0.4, 0.5) is 0 Å². The molecule has 0 aliphatic rings. The van der Waals surface area contributed by atoms with Gasteiger partial charge < -0.3 is 26.8 Å². The van der Waals surface area contributed by atoms with Crippen LogP contribution in [-0.4, -0.2) is 53.0 Å². The van der Waals surface area contributed by atoms with Crippen molar-refractivity contribution < 1.29 is 24.3 Å². The predicted octanol–water partition coefficient (Wildman–Crippen LogP) is 1.65. The van der Waals surface area contributed by atoms with E-state index in [0.717, 1.165) is 6.42 Å². The molecule has 0 saturated carbocycles. The summed E-state index contributed by atoms with van der Waals surface area (Å²) in [6.45, 7) is 14.8. The highest BCUT2D eigenvalue weighted by molar-refractivity contribution is 5.94. The number of carbonyl (C=O) groups is 4. The first-order chi connectivity index (χ1) is 14.8. The van der Waals surface area contributed by atoms with Crippen LogP contribution in [0.3, 0.4) is 0 Å². The van der Waals surface area contributed by atoms with Gasteiger partial charge in [0.1, 0.15) is 18.1 Å². The Balaban J connectivity index is 5.59. The predicted molar refractivity (Wildman–Crippen MR) is 125 cm³/mol. The lowest BCUT2D eigenvalue weighted by atomic mass is 9.95. The quantitative estimate of drug-likeness (QED) is 0.268. The zero-order chi connectivity index (χ0) is 25.2. The Morgan fingerprint density at radius 3 is 1.66 bits per heavy atom. The summed E-state index contributed by atoms with van der Waals surface area (Å²) < 4.78 is 0. The van der Waals surface area contributed by atoms with Gasteiger partial charge in [-0.3, -0.25) is 14.4 Å². The molecular formula is C23H44N4O5. The number of nitrogens with two attached hydrogens (primary N) is 1. The van der Waals surface area contributed by atoms with Crippen LogP contribution in [0.25, 0.3) is 0 Å². The van der Waals surface area contributed by atoms with Crippen LogP contribution in [0.2, 0.25) is 0 Å². The van der Waals surface area contributed by atoms with Gasteiger partial charge in [-0.2, -0.15) is 0 Å². The second-order valence-corrected chi connectivity index (χ2v) is 9.54. The first kappa shape index (κ1) is 29.8. The minimum atomic E-state index is -1.13. The minimum absolute atomic E-state index is 0.0413. The molecule has 6 N–H and O–H groups in total. The van der Waals surface area contributed by atoms with E-state index in [4.69, 9.17) is 5.73 Å². The lowest BCUT2D eigenvalue weighted by Gasteiger charge is -2.29. The summed E-state index contributed by atoms with van der Waals surface area (Å²) in [6, 6.07) is -3.58. The molecule has 0 aromatic heterocycles. The number of carbonyl (C=O) groups excluding carboxylic acids is 3. The van der Waals surface area contributed by atoms with E-state index in [9.17, 15) is 24.3 Å². The van der Waals surface area contributed by atoms with E-state index in [0.29, 0.717) is 12.8 Å². The molecule has 0 saturated heterocycles. The first-order valence-electron chi connectivity index (χ1n) is 11.7. The number of nitrogens with one attached hydrogen (secondary N) is 3. The average molecular weight is 457 g/mol. The number of amides is 3. The molecule has 0 aliphatic heterocycles.